The molecular weight excluding hydrogens is 369 g/mol. The fourth-order valence-electron chi connectivity index (χ4n) is 2.50. The summed E-state index contributed by atoms with van der Waals surface area (Å²) in [5.74, 6) is -0.00475. The zero-order chi connectivity index (χ0) is 18.5. The molecule has 0 aromatic heterocycles. The van der Waals surface area contributed by atoms with Crippen LogP contribution in [0, 0.1) is 0 Å². The maximum Gasteiger partial charge on any atom is 0.251 e. The van der Waals surface area contributed by atoms with Crippen LogP contribution in [0.4, 0.5) is 0 Å². The third kappa shape index (κ3) is 8.72. The van der Waals surface area contributed by atoms with Gasteiger partial charge in [0.05, 0.1) is 13.1 Å². The van der Waals surface area contributed by atoms with Gasteiger partial charge in [0.25, 0.3) is 5.91 Å². The zero-order valence-electron chi connectivity index (χ0n) is 17.2. The number of nitrogens with one attached hydrogen (secondary N) is 1. The number of quaternary nitrogens is 2. The number of benzene rings is 1. The SMILES string of the molecule is CC(C)(C)c1cc(C(=O)NC[C@@H]([NH3+])CCC[NH3+])cc(C(C)(C)C)c1.[Cl-].[Cl-]. The number of carbonyl (C=O) groups excluding carboxylic acids is 1. The Kier molecular flexibility index (Phi) is 11.7. The molecule has 0 aliphatic heterocycles. The average Bonchev–Trinajstić information content (AvgIpc) is 2.48. The van der Waals surface area contributed by atoms with Crippen molar-refractivity contribution in [3.63, 3.8) is 0 Å². The predicted octanol–water partition coefficient (Wildman–Crippen LogP) is -4.35. The van der Waals surface area contributed by atoms with Gasteiger partial charge in [-0.25, -0.2) is 0 Å². The topological polar surface area (TPSA) is 84.4 Å². The van der Waals surface area contributed by atoms with E-state index < -0.39 is 0 Å². The Morgan fingerprint density at radius 1 is 1.00 bits per heavy atom. The van der Waals surface area contributed by atoms with Crippen LogP contribution in [0.1, 0.15) is 75.9 Å². The third-order valence-electron chi connectivity index (χ3n) is 4.34. The second-order valence-electron chi connectivity index (χ2n) is 8.87. The molecule has 26 heavy (non-hydrogen) atoms. The van der Waals surface area contributed by atoms with Crippen LogP contribution < -0.4 is 41.6 Å². The highest BCUT2D eigenvalue weighted by atomic mass is 35.5. The largest absolute Gasteiger partial charge is 1.00 e. The van der Waals surface area contributed by atoms with Crippen molar-refractivity contribution in [3.05, 3.63) is 34.9 Å². The van der Waals surface area contributed by atoms with Crippen LogP contribution in [-0.4, -0.2) is 25.0 Å². The summed E-state index contributed by atoms with van der Waals surface area (Å²) in [5, 5.41) is 3.04. The minimum Gasteiger partial charge on any atom is -1.00 e. The lowest BCUT2D eigenvalue weighted by Crippen LogP contribution is -3.00. The van der Waals surface area contributed by atoms with Gasteiger partial charge in [-0.1, -0.05) is 47.6 Å². The van der Waals surface area contributed by atoms with E-state index in [1.54, 1.807) is 0 Å². The molecule has 1 aromatic carbocycles. The predicted molar refractivity (Wildman–Crippen MR) is 99.8 cm³/mol. The molecule has 6 heteroatoms. The number of halogens is 2. The monoisotopic (exact) mass is 405 g/mol. The molecule has 1 atom stereocenters. The van der Waals surface area contributed by atoms with E-state index in [2.05, 4.69) is 64.4 Å². The number of amides is 1. The average molecular weight is 406 g/mol. The Bertz CT molecular complexity index is 531. The second kappa shape index (κ2) is 11.1. The van der Waals surface area contributed by atoms with Gasteiger partial charge >= 0.3 is 0 Å². The molecule has 0 saturated carbocycles. The van der Waals surface area contributed by atoms with Gasteiger partial charge in [-0.15, -0.1) is 0 Å². The van der Waals surface area contributed by atoms with Crippen molar-refractivity contribution < 1.29 is 41.1 Å². The summed E-state index contributed by atoms with van der Waals surface area (Å²) in [5.41, 5.74) is 11.1. The first-order valence-corrected chi connectivity index (χ1v) is 9.01. The molecule has 0 heterocycles. The maximum absolute atomic E-state index is 12.6. The van der Waals surface area contributed by atoms with E-state index in [4.69, 9.17) is 0 Å². The van der Waals surface area contributed by atoms with Crippen molar-refractivity contribution in [3.8, 4) is 0 Å². The number of hydrogen-bond donors (Lipinski definition) is 3. The molecule has 4 nitrogen and oxygen atoms in total. The summed E-state index contributed by atoms with van der Waals surface area (Å²) in [7, 11) is 0. The smallest absolute Gasteiger partial charge is 0.251 e. The van der Waals surface area contributed by atoms with E-state index in [9.17, 15) is 4.79 Å². The first kappa shape index (κ1) is 27.4. The first-order valence-electron chi connectivity index (χ1n) is 9.01. The second-order valence-corrected chi connectivity index (χ2v) is 8.87. The summed E-state index contributed by atoms with van der Waals surface area (Å²) in [4.78, 5) is 12.6. The van der Waals surface area contributed by atoms with Crippen molar-refractivity contribution >= 4 is 5.91 Å². The maximum atomic E-state index is 12.6. The van der Waals surface area contributed by atoms with E-state index in [1.165, 1.54) is 11.1 Å². The molecule has 0 bridgehead atoms. The Hall–Kier alpha value is -0.810. The molecule has 7 N–H and O–H groups in total. The Morgan fingerprint density at radius 3 is 1.85 bits per heavy atom. The first-order chi connectivity index (χ1) is 10.9. The van der Waals surface area contributed by atoms with Gasteiger partial charge in [-0.2, -0.15) is 0 Å². The highest BCUT2D eigenvalue weighted by Gasteiger charge is 2.22. The van der Waals surface area contributed by atoms with Gasteiger partial charge < -0.3 is 41.6 Å². The van der Waals surface area contributed by atoms with Crippen LogP contribution in [0.25, 0.3) is 0 Å². The fraction of sp³-hybridized carbons (Fsp3) is 0.650. The highest BCUT2D eigenvalue weighted by Crippen LogP contribution is 2.30. The van der Waals surface area contributed by atoms with Gasteiger partial charge in [0.2, 0.25) is 0 Å². The minimum absolute atomic E-state index is 0. The lowest BCUT2D eigenvalue weighted by molar-refractivity contribution is -0.423. The van der Waals surface area contributed by atoms with Crippen molar-refractivity contribution in [1.82, 2.24) is 5.32 Å². The summed E-state index contributed by atoms with van der Waals surface area (Å²) in [6.45, 7) is 14.6. The molecule has 0 saturated heterocycles. The van der Waals surface area contributed by atoms with E-state index in [1.807, 2.05) is 12.1 Å². The van der Waals surface area contributed by atoms with Crippen LogP contribution in [0.2, 0.25) is 0 Å². The van der Waals surface area contributed by atoms with Gasteiger partial charge in [-0.05, 0) is 34.1 Å². The van der Waals surface area contributed by atoms with Gasteiger partial charge in [-0.3, -0.25) is 4.79 Å². The normalized spacial score (nSPS) is 12.6. The van der Waals surface area contributed by atoms with Crippen LogP contribution in [0.3, 0.4) is 0 Å². The minimum atomic E-state index is -0.00475. The molecule has 0 spiro atoms. The van der Waals surface area contributed by atoms with Crippen molar-refractivity contribution in [2.45, 2.75) is 71.3 Å². The zero-order valence-corrected chi connectivity index (χ0v) is 18.7. The van der Waals surface area contributed by atoms with Gasteiger partial charge in [0.1, 0.15) is 6.04 Å². The van der Waals surface area contributed by atoms with E-state index in [0.717, 1.165) is 24.9 Å². The molecule has 0 radical (unpaired) electrons. The standard InChI is InChI=1S/C20H35N3O.2ClH/c1-19(2,3)15-10-14(11-16(12-15)20(4,5)6)18(24)23-13-17(22)8-7-9-21;;/h10-12,17H,7-9,13,21-22H2,1-6H3,(H,23,24);2*1H/t17-;;/m0../s1. The van der Waals surface area contributed by atoms with E-state index in [0.29, 0.717) is 6.54 Å². The fourth-order valence-corrected chi connectivity index (χ4v) is 2.50. The summed E-state index contributed by atoms with van der Waals surface area (Å²) < 4.78 is 0. The van der Waals surface area contributed by atoms with Gasteiger partial charge in [0, 0.05) is 18.4 Å². The molecule has 0 unspecified atom stereocenters. The highest BCUT2D eigenvalue weighted by molar-refractivity contribution is 5.94. The lowest BCUT2D eigenvalue weighted by atomic mass is 9.79. The third-order valence-corrected chi connectivity index (χ3v) is 4.34. The number of carbonyl (C=O) groups is 1. The summed E-state index contributed by atoms with van der Waals surface area (Å²) >= 11 is 0. The van der Waals surface area contributed by atoms with E-state index >= 15 is 0 Å². The lowest BCUT2D eigenvalue weighted by Gasteiger charge is -2.26. The van der Waals surface area contributed by atoms with Crippen LogP contribution in [-0.2, 0) is 10.8 Å². The van der Waals surface area contributed by atoms with Crippen LogP contribution in [0.15, 0.2) is 18.2 Å². The molecule has 0 fully saturated rings. The molecular formula is C20H37Cl2N3O. The molecule has 1 aromatic rings. The number of rotatable bonds is 6. The van der Waals surface area contributed by atoms with Crippen molar-refractivity contribution in [2.75, 3.05) is 13.1 Å². The summed E-state index contributed by atoms with van der Waals surface area (Å²) in [6, 6.07) is 6.52. The number of hydrogen-bond acceptors (Lipinski definition) is 1. The quantitative estimate of drug-likeness (QED) is 0.439. The Morgan fingerprint density at radius 2 is 1.46 bits per heavy atom. The van der Waals surface area contributed by atoms with Crippen LogP contribution in [0.5, 0.6) is 0 Å². The molecule has 1 amide bonds. The van der Waals surface area contributed by atoms with E-state index in [-0.39, 0.29) is 47.6 Å². The van der Waals surface area contributed by atoms with Gasteiger partial charge in [0.15, 0.2) is 0 Å². The molecule has 0 aliphatic carbocycles. The molecule has 152 valence electrons. The summed E-state index contributed by atoms with van der Waals surface area (Å²) in [6.07, 6.45) is 2.05. The van der Waals surface area contributed by atoms with Crippen molar-refractivity contribution in [1.29, 1.82) is 0 Å². The Labute approximate surface area is 171 Å². The van der Waals surface area contributed by atoms with Crippen LogP contribution >= 0.6 is 0 Å². The molecule has 0 aliphatic rings. The Balaban J connectivity index is 0. The van der Waals surface area contributed by atoms with Crippen molar-refractivity contribution in [2.24, 2.45) is 0 Å². The molecule has 1 rings (SSSR count).